The number of alkyl carbamates (subject to hydrolysis) is 1. The minimum absolute atomic E-state index is 0.106. The third-order valence-electron chi connectivity index (χ3n) is 6.95. The molecule has 3 rings (SSSR count). The largest absolute Gasteiger partial charge is 0.460 e. The van der Waals surface area contributed by atoms with E-state index in [1.165, 1.54) is 6.20 Å². The molecule has 1 aromatic carbocycles. The van der Waals surface area contributed by atoms with Gasteiger partial charge in [-0.25, -0.2) is 4.79 Å². The summed E-state index contributed by atoms with van der Waals surface area (Å²) in [6.45, 7) is 15.7. The van der Waals surface area contributed by atoms with Crippen molar-refractivity contribution in [2.45, 2.75) is 98.8 Å². The molecule has 0 unspecified atom stereocenters. The number of ether oxygens (including phenoxy) is 2. The zero-order chi connectivity index (χ0) is 37.1. The molecular weight excluding hydrogens is 640 g/mol. The van der Waals surface area contributed by atoms with Crippen LogP contribution in [0.5, 0.6) is 0 Å². The maximum absolute atomic E-state index is 13.7. The van der Waals surface area contributed by atoms with E-state index in [9.17, 15) is 24.0 Å². The SMILES string of the molecule is CCCN(CCC)C(=O)C1=Cc2ccc(C(=O)Nc3cncc(CNC(=O)CNC(=O)OC(C)(C)C)c3)cc2N=C(CC(=O)OC(C)(C)C)C1. The van der Waals surface area contributed by atoms with Crippen LogP contribution in [0, 0.1) is 0 Å². The van der Waals surface area contributed by atoms with Crippen LogP contribution >= 0.6 is 0 Å². The molecule has 0 saturated carbocycles. The van der Waals surface area contributed by atoms with E-state index in [0.717, 1.165) is 12.8 Å². The Balaban J connectivity index is 1.78. The monoisotopic (exact) mass is 690 g/mol. The van der Waals surface area contributed by atoms with Gasteiger partial charge in [0.2, 0.25) is 11.8 Å². The van der Waals surface area contributed by atoms with Gasteiger partial charge in [0.05, 0.1) is 24.0 Å². The van der Waals surface area contributed by atoms with Gasteiger partial charge < -0.3 is 30.3 Å². The molecule has 50 heavy (non-hydrogen) atoms. The number of benzene rings is 1. The van der Waals surface area contributed by atoms with Crippen molar-refractivity contribution in [1.82, 2.24) is 20.5 Å². The third-order valence-corrected chi connectivity index (χ3v) is 6.95. The zero-order valence-electron chi connectivity index (χ0n) is 30.4. The van der Waals surface area contributed by atoms with E-state index >= 15 is 0 Å². The van der Waals surface area contributed by atoms with E-state index in [2.05, 4.69) is 20.9 Å². The van der Waals surface area contributed by atoms with Crippen LogP contribution in [0.3, 0.4) is 0 Å². The van der Waals surface area contributed by atoms with Gasteiger partial charge >= 0.3 is 12.1 Å². The lowest BCUT2D eigenvalue weighted by molar-refractivity contribution is -0.153. The van der Waals surface area contributed by atoms with Crippen LogP contribution in [-0.2, 0) is 30.4 Å². The summed E-state index contributed by atoms with van der Waals surface area (Å²) in [5, 5.41) is 7.91. The molecule has 0 spiro atoms. The molecule has 0 aliphatic carbocycles. The number of rotatable bonds is 13. The Labute approximate surface area is 294 Å². The van der Waals surface area contributed by atoms with Crippen LogP contribution in [0.15, 0.2) is 47.2 Å². The number of nitrogens with one attached hydrogen (secondary N) is 3. The van der Waals surface area contributed by atoms with Crippen LogP contribution in [0.1, 0.15) is 103 Å². The van der Waals surface area contributed by atoms with E-state index in [0.29, 0.717) is 52.4 Å². The van der Waals surface area contributed by atoms with Crippen molar-refractivity contribution < 1.29 is 33.4 Å². The molecule has 0 saturated heterocycles. The molecule has 13 nitrogen and oxygen atoms in total. The molecule has 0 fully saturated rings. The molecule has 1 aliphatic rings. The fraction of sp³-hybridized carbons (Fsp3) is 0.486. The van der Waals surface area contributed by atoms with Crippen LogP contribution < -0.4 is 16.0 Å². The van der Waals surface area contributed by atoms with Gasteiger partial charge in [-0.1, -0.05) is 19.9 Å². The Bertz CT molecular complexity index is 1630. The average molecular weight is 691 g/mol. The lowest BCUT2D eigenvalue weighted by atomic mass is 10.0. The first-order chi connectivity index (χ1) is 23.5. The van der Waals surface area contributed by atoms with Crippen molar-refractivity contribution >= 4 is 52.9 Å². The number of amides is 4. The summed E-state index contributed by atoms with van der Waals surface area (Å²) in [6, 6.07) is 6.67. The predicted molar refractivity (Wildman–Crippen MR) is 192 cm³/mol. The van der Waals surface area contributed by atoms with Crippen molar-refractivity contribution in [3.8, 4) is 0 Å². The number of nitrogens with zero attached hydrogens (tertiary/aromatic N) is 3. The summed E-state index contributed by atoms with van der Waals surface area (Å²) in [5.74, 6) is -1.42. The Morgan fingerprint density at radius 3 is 2.20 bits per heavy atom. The smallest absolute Gasteiger partial charge is 0.408 e. The molecule has 270 valence electrons. The molecule has 2 heterocycles. The quantitative estimate of drug-likeness (QED) is 0.225. The number of aromatic nitrogens is 1. The number of esters is 1. The molecule has 0 bridgehead atoms. The summed E-state index contributed by atoms with van der Waals surface area (Å²) in [4.78, 5) is 74.7. The van der Waals surface area contributed by atoms with E-state index in [1.807, 2.05) is 18.7 Å². The number of anilines is 1. The lowest BCUT2D eigenvalue weighted by Crippen LogP contribution is -2.39. The summed E-state index contributed by atoms with van der Waals surface area (Å²) in [5.41, 5.74) is 2.03. The number of carbonyl (C=O) groups excluding carboxylic acids is 5. The average Bonchev–Trinajstić information content (AvgIpc) is 3.19. The number of carbonyl (C=O) groups is 5. The highest BCUT2D eigenvalue weighted by Crippen LogP contribution is 2.30. The molecule has 13 heteroatoms. The highest BCUT2D eigenvalue weighted by Gasteiger charge is 2.25. The summed E-state index contributed by atoms with van der Waals surface area (Å²) in [7, 11) is 0. The fourth-order valence-electron chi connectivity index (χ4n) is 5.00. The van der Waals surface area contributed by atoms with E-state index in [-0.39, 0.29) is 31.8 Å². The van der Waals surface area contributed by atoms with Crippen LogP contribution in [-0.4, -0.2) is 76.2 Å². The Morgan fingerprint density at radius 1 is 0.880 bits per heavy atom. The predicted octanol–water partition coefficient (Wildman–Crippen LogP) is 5.71. The minimum Gasteiger partial charge on any atom is -0.460 e. The van der Waals surface area contributed by atoms with Gasteiger partial charge in [-0.2, -0.15) is 0 Å². The topological polar surface area (TPSA) is 168 Å². The van der Waals surface area contributed by atoms with Crippen molar-refractivity contribution in [3.05, 3.63) is 58.9 Å². The van der Waals surface area contributed by atoms with Crippen molar-refractivity contribution in [2.75, 3.05) is 25.0 Å². The van der Waals surface area contributed by atoms with Gasteiger partial charge in [0.1, 0.15) is 17.7 Å². The maximum atomic E-state index is 13.7. The van der Waals surface area contributed by atoms with Crippen LogP contribution in [0.4, 0.5) is 16.2 Å². The number of hydrogen-bond donors (Lipinski definition) is 3. The van der Waals surface area contributed by atoms with Crippen molar-refractivity contribution in [3.63, 3.8) is 0 Å². The highest BCUT2D eigenvalue weighted by atomic mass is 16.6. The number of fused-ring (bicyclic) bond motifs is 1. The summed E-state index contributed by atoms with van der Waals surface area (Å²) in [6.07, 6.45) is 5.81. The molecule has 1 aromatic heterocycles. The first kappa shape index (κ1) is 39.4. The van der Waals surface area contributed by atoms with Crippen molar-refractivity contribution in [2.24, 2.45) is 4.99 Å². The zero-order valence-corrected chi connectivity index (χ0v) is 30.4. The van der Waals surface area contributed by atoms with Gasteiger partial charge in [-0.05, 0) is 84.2 Å². The maximum Gasteiger partial charge on any atom is 0.408 e. The molecule has 2 aromatic rings. The number of aliphatic imine (C=N–C) groups is 1. The number of pyridine rings is 1. The van der Waals surface area contributed by atoms with Crippen LogP contribution in [0.25, 0.3) is 6.08 Å². The van der Waals surface area contributed by atoms with Gasteiger partial charge in [-0.15, -0.1) is 0 Å². The Morgan fingerprint density at radius 2 is 1.56 bits per heavy atom. The molecule has 3 N–H and O–H groups in total. The van der Waals surface area contributed by atoms with Crippen molar-refractivity contribution in [1.29, 1.82) is 0 Å². The van der Waals surface area contributed by atoms with E-state index in [1.54, 1.807) is 78.1 Å². The Hall–Kier alpha value is -5.07. The third kappa shape index (κ3) is 13.1. The van der Waals surface area contributed by atoms with Crippen LogP contribution in [0.2, 0.25) is 0 Å². The molecule has 0 radical (unpaired) electrons. The Kier molecular flexibility index (Phi) is 13.8. The van der Waals surface area contributed by atoms with E-state index in [4.69, 9.17) is 14.5 Å². The molecule has 0 atom stereocenters. The first-order valence-corrected chi connectivity index (χ1v) is 16.9. The lowest BCUT2D eigenvalue weighted by Gasteiger charge is -2.23. The summed E-state index contributed by atoms with van der Waals surface area (Å²) < 4.78 is 10.7. The standard InChI is InChI=1S/C37H50N6O7/c1-9-13-43(14-10-2)34(47)27-16-25-11-12-26(18-30(25)41-28(17-27)19-32(45)49-36(3,4)5)33(46)42-29-15-24(20-38-22-29)21-39-31(44)23-40-35(48)50-37(6,7)8/h11-12,15-16,18,20,22H,9-10,13-14,17,19,21,23H2,1-8H3,(H,39,44)(H,40,48)(H,42,46). The molecule has 4 amide bonds. The second kappa shape index (κ2) is 17.5. The normalized spacial score (nSPS) is 12.7. The van der Waals surface area contributed by atoms with Gasteiger partial charge in [0, 0.05) is 54.7 Å². The minimum atomic E-state index is -0.697. The number of hydrogen-bond acceptors (Lipinski definition) is 9. The fourth-order valence-corrected chi connectivity index (χ4v) is 5.00. The molecule has 1 aliphatic heterocycles. The highest BCUT2D eigenvalue weighted by molar-refractivity contribution is 6.11. The second-order valence-electron chi connectivity index (χ2n) is 14.0. The van der Waals surface area contributed by atoms with Gasteiger partial charge in [0.25, 0.3) is 5.91 Å². The van der Waals surface area contributed by atoms with Gasteiger partial charge in [0.15, 0.2) is 0 Å². The molecular formula is C37H50N6O7. The second-order valence-corrected chi connectivity index (χ2v) is 14.0. The first-order valence-electron chi connectivity index (χ1n) is 16.9. The van der Waals surface area contributed by atoms with Gasteiger partial charge in [-0.3, -0.25) is 29.2 Å². The van der Waals surface area contributed by atoms with E-state index < -0.39 is 35.1 Å². The summed E-state index contributed by atoms with van der Waals surface area (Å²) >= 11 is 0.